The number of aromatic nitrogens is 2. The van der Waals surface area contributed by atoms with E-state index in [4.69, 9.17) is 0 Å². The van der Waals surface area contributed by atoms with Gasteiger partial charge in [0.05, 0.1) is 22.6 Å². The van der Waals surface area contributed by atoms with Crippen LogP contribution in [0, 0.1) is 17.4 Å². The minimum Gasteiger partial charge on any atom is -0.347 e. The molecule has 1 heterocycles. The average molecular weight is 396 g/mol. The van der Waals surface area contributed by atoms with Crippen LogP contribution in [-0.2, 0) is 0 Å². The molecule has 0 saturated carbocycles. The Balaban J connectivity index is 2.32. The lowest BCUT2D eigenvalue weighted by Crippen LogP contribution is -2.19. The Bertz CT molecular complexity index is 662. The minimum absolute atomic E-state index is 0.146. The molecule has 0 aliphatic rings. The maximum atomic E-state index is 12.4. The van der Waals surface area contributed by atoms with Gasteiger partial charge in [0, 0.05) is 17.7 Å². The number of carbonyl (C=O) groups is 1. The van der Waals surface area contributed by atoms with Crippen molar-refractivity contribution >= 4 is 40.1 Å². The van der Waals surface area contributed by atoms with Crippen LogP contribution in [0.25, 0.3) is 0 Å². The van der Waals surface area contributed by atoms with Crippen LogP contribution < -0.4 is 10.2 Å². The fraction of sp³-hybridized carbons (Fsp3) is 0.267. The molecule has 0 aliphatic heterocycles. The second-order valence-electron chi connectivity index (χ2n) is 4.90. The molecule has 0 bridgehead atoms. The highest BCUT2D eigenvalue weighted by atomic mass is 127. The normalized spacial score (nSPS) is 10.3. The zero-order chi connectivity index (χ0) is 15.6. The molecule has 1 aromatic heterocycles. The lowest BCUT2D eigenvalue weighted by Gasteiger charge is -2.16. The van der Waals surface area contributed by atoms with Gasteiger partial charge in [0.15, 0.2) is 0 Å². The Kier molecular flexibility index (Phi) is 4.76. The number of nitrogens with one attached hydrogen (secondary N) is 1. The van der Waals surface area contributed by atoms with Crippen molar-refractivity contribution in [2.75, 3.05) is 24.3 Å². The minimum atomic E-state index is -0.146. The molecule has 0 unspecified atom stereocenters. The molecule has 1 N–H and O–H groups in total. The summed E-state index contributed by atoms with van der Waals surface area (Å²) in [6.45, 7) is 3.74. The fourth-order valence-electron chi connectivity index (χ4n) is 1.91. The van der Waals surface area contributed by atoms with Crippen molar-refractivity contribution in [3.63, 3.8) is 0 Å². The van der Waals surface area contributed by atoms with E-state index in [9.17, 15) is 4.79 Å². The summed E-state index contributed by atoms with van der Waals surface area (Å²) in [5.74, 6) is 0.490. The summed E-state index contributed by atoms with van der Waals surface area (Å²) < 4.78 is 0.911. The second-order valence-corrected chi connectivity index (χ2v) is 6.06. The van der Waals surface area contributed by atoms with Crippen molar-refractivity contribution in [1.82, 2.24) is 9.97 Å². The number of anilines is 2. The smallest absolute Gasteiger partial charge is 0.256 e. The molecule has 5 nitrogen and oxygen atoms in total. The van der Waals surface area contributed by atoms with Crippen LogP contribution in [0.15, 0.2) is 24.3 Å². The molecule has 0 radical (unpaired) electrons. The monoisotopic (exact) mass is 396 g/mol. The molecule has 0 spiro atoms. The summed E-state index contributed by atoms with van der Waals surface area (Å²) >= 11 is 2.15. The SMILES string of the molecule is Cc1nc(N(C)C)nc(C)c1NC(=O)c1ccccc1I. The fourth-order valence-corrected chi connectivity index (χ4v) is 2.54. The summed E-state index contributed by atoms with van der Waals surface area (Å²) in [6, 6.07) is 7.46. The largest absolute Gasteiger partial charge is 0.347 e. The maximum absolute atomic E-state index is 12.4. The lowest BCUT2D eigenvalue weighted by atomic mass is 10.2. The summed E-state index contributed by atoms with van der Waals surface area (Å²) in [4.78, 5) is 23.0. The summed E-state index contributed by atoms with van der Waals surface area (Å²) in [6.07, 6.45) is 0. The molecule has 1 amide bonds. The highest BCUT2D eigenvalue weighted by molar-refractivity contribution is 14.1. The molecule has 0 saturated heterocycles. The summed E-state index contributed by atoms with van der Waals surface area (Å²) in [7, 11) is 3.78. The third-order valence-corrected chi connectivity index (χ3v) is 3.96. The number of hydrogen-bond acceptors (Lipinski definition) is 4. The van der Waals surface area contributed by atoms with Crippen LogP contribution in [0.5, 0.6) is 0 Å². The van der Waals surface area contributed by atoms with Crippen LogP contribution in [-0.4, -0.2) is 30.0 Å². The van der Waals surface area contributed by atoms with Gasteiger partial charge in [-0.1, -0.05) is 12.1 Å². The molecular formula is C15H17IN4O. The van der Waals surface area contributed by atoms with Crippen LogP contribution in [0.2, 0.25) is 0 Å². The molecule has 2 aromatic rings. The van der Waals surface area contributed by atoms with Gasteiger partial charge < -0.3 is 10.2 Å². The van der Waals surface area contributed by atoms with Crippen LogP contribution in [0.1, 0.15) is 21.7 Å². The van der Waals surface area contributed by atoms with Crippen molar-refractivity contribution in [2.24, 2.45) is 0 Å². The van der Waals surface area contributed by atoms with E-state index in [-0.39, 0.29) is 5.91 Å². The predicted octanol–water partition coefficient (Wildman–Crippen LogP) is 3.02. The molecule has 0 aliphatic carbocycles. The van der Waals surface area contributed by atoms with Crippen molar-refractivity contribution in [1.29, 1.82) is 0 Å². The molecule has 1 aromatic carbocycles. The molecule has 21 heavy (non-hydrogen) atoms. The average Bonchev–Trinajstić information content (AvgIpc) is 2.42. The predicted molar refractivity (Wildman–Crippen MR) is 92.9 cm³/mol. The number of benzene rings is 1. The van der Waals surface area contributed by atoms with Crippen molar-refractivity contribution < 1.29 is 4.79 Å². The Labute approximate surface area is 137 Å². The van der Waals surface area contributed by atoms with E-state index < -0.39 is 0 Å². The first-order valence-corrected chi connectivity index (χ1v) is 7.56. The Morgan fingerprint density at radius 3 is 2.24 bits per heavy atom. The number of amides is 1. The van der Waals surface area contributed by atoms with E-state index >= 15 is 0 Å². The number of carbonyl (C=O) groups excluding carboxylic acids is 1. The Morgan fingerprint density at radius 1 is 1.14 bits per heavy atom. The summed E-state index contributed by atoms with van der Waals surface area (Å²) in [5, 5.41) is 2.91. The summed E-state index contributed by atoms with van der Waals surface area (Å²) in [5.41, 5.74) is 2.83. The van der Waals surface area contributed by atoms with Gasteiger partial charge in [0.1, 0.15) is 0 Å². The van der Waals surface area contributed by atoms with E-state index in [0.717, 1.165) is 15.0 Å². The quantitative estimate of drug-likeness (QED) is 0.811. The number of hydrogen-bond donors (Lipinski definition) is 1. The number of rotatable bonds is 3. The number of halogens is 1. The van der Waals surface area contributed by atoms with Crippen LogP contribution >= 0.6 is 22.6 Å². The standard InChI is InChI=1S/C15H17IN4O/c1-9-13(10(2)18-15(17-9)20(3)4)19-14(21)11-7-5-6-8-12(11)16/h5-8H,1-4H3,(H,19,21). The zero-order valence-electron chi connectivity index (χ0n) is 12.4. The maximum Gasteiger partial charge on any atom is 0.256 e. The molecule has 6 heteroatoms. The van der Waals surface area contributed by atoms with Gasteiger partial charge in [-0.2, -0.15) is 0 Å². The molecule has 0 fully saturated rings. The first kappa shape index (κ1) is 15.7. The van der Waals surface area contributed by atoms with Gasteiger partial charge in [0.25, 0.3) is 5.91 Å². The van der Waals surface area contributed by atoms with E-state index in [1.54, 1.807) is 6.07 Å². The van der Waals surface area contributed by atoms with Crippen molar-refractivity contribution in [2.45, 2.75) is 13.8 Å². The van der Waals surface area contributed by atoms with E-state index in [1.807, 2.05) is 51.0 Å². The molecule has 2 rings (SSSR count). The lowest BCUT2D eigenvalue weighted by molar-refractivity contribution is 0.102. The van der Waals surface area contributed by atoms with Gasteiger partial charge in [0.2, 0.25) is 5.95 Å². The molecular weight excluding hydrogens is 379 g/mol. The second kappa shape index (κ2) is 6.38. The Morgan fingerprint density at radius 2 is 1.71 bits per heavy atom. The van der Waals surface area contributed by atoms with Gasteiger partial charge in [-0.05, 0) is 48.6 Å². The van der Waals surface area contributed by atoms with Gasteiger partial charge in [-0.15, -0.1) is 0 Å². The van der Waals surface area contributed by atoms with Crippen molar-refractivity contribution in [3.05, 3.63) is 44.8 Å². The molecule has 0 atom stereocenters. The van der Waals surface area contributed by atoms with E-state index in [2.05, 4.69) is 37.9 Å². The highest BCUT2D eigenvalue weighted by Crippen LogP contribution is 2.21. The van der Waals surface area contributed by atoms with Crippen LogP contribution in [0.4, 0.5) is 11.6 Å². The number of aryl methyl sites for hydroxylation is 2. The van der Waals surface area contributed by atoms with Crippen LogP contribution in [0.3, 0.4) is 0 Å². The Hall–Kier alpha value is -1.70. The topological polar surface area (TPSA) is 58.1 Å². The first-order chi connectivity index (χ1) is 9.90. The third-order valence-electron chi connectivity index (χ3n) is 3.02. The number of nitrogens with zero attached hydrogens (tertiary/aromatic N) is 3. The highest BCUT2D eigenvalue weighted by Gasteiger charge is 2.15. The van der Waals surface area contributed by atoms with Gasteiger partial charge >= 0.3 is 0 Å². The molecule has 110 valence electrons. The first-order valence-electron chi connectivity index (χ1n) is 6.48. The zero-order valence-corrected chi connectivity index (χ0v) is 14.6. The third kappa shape index (κ3) is 3.49. The van der Waals surface area contributed by atoms with Gasteiger partial charge in [-0.25, -0.2) is 9.97 Å². The van der Waals surface area contributed by atoms with Gasteiger partial charge in [-0.3, -0.25) is 4.79 Å². The van der Waals surface area contributed by atoms with E-state index in [1.165, 1.54) is 0 Å². The van der Waals surface area contributed by atoms with E-state index in [0.29, 0.717) is 17.2 Å². The van der Waals surface area contributed by atoms with Crippen molar-refractivity contribution in [3.8, 4) is 0 Å².